The summed E-state index contributed by atoms with van der Waals surface area (Å²) < 4.78 is 0. The standard InChI is InChI=1S/C21H14O4/c22-12-18-17(21(24)25)11-16(14-7-3-1-4-8-14)20(19(18)13-23)15-9-5-2-6-10-15/h1-13H,(H,24,25). The highest BCUT2D eigenvalue weighted by molar-refractivity contribution is 6.09. The van der Waals surface area contributed by atoms with E-state index >= 15 is 0 Å². The lowest BCUT2D eigenvalue weighted by Gasteiger charge is -2.16. The van der Waals surface area contributed by atoms with Crippen molar-refractivity contribution in [2.24, 2.45) is 0 Å². The van der Waals surface area contributed by atoms with Crippen LogP contribution in [0.25, 0.3) is 22.3 Å². The van der Waals surface area contributed by atoms with E-state index in [1.807, 2.05) is 60.7 Å². The van der Waals surface area contributed by atoms with Crippen LogP contribution >= 0.6 is 0 Å². The molecule has 0 heterocycles. The first-order valence-electron chi connectivity index (χ1n) is 7.63. The Morgan fingerprint density at radius 2 is 1.28 bits per heavy atom. The number of hydrogen-bond acceptors (Lipinski definition) is 3. The molecule has 3 aromatic rings. The lowest BCUT2D eigenvalue weighted by atomic mass is 9.86. The molecule has 3 aromatic carbocycles. The topological polar surface area (TPSA) is 71.4 Å². The van der Waals surface area contributed by atoms with Crippen molar-refractivity contribution < 1.29 is 19.5 Å². The molecular formula is C21H14O4. The molecule has 25 heavy (non-hydrogen) atoms. The smallest absolute Gasteiger partial charge is 0.336 e. The Bertz CT molecular complexity index is 945. The zero-order valence-electron chi connectivity index (χ0n) is 13.2. The van der Waals surface area contributed by atoms with Gasteiger partial charge < -0.3 is 5.11 Å². The van der Waals surface area contributed by atoms with Gasteiger partial charge in [-0.15, -0.1) is 0 Å². The lowest BCUT2D eigenvalue weighted by molar-refractivity contribution is 0.0694. The van der Waals surface area contributed by atoms with Gasteiger partial charge in [-0.2, -0.15) is 0 Å². The number of hydrogen-bond donors (Lipinski definition) is 1. The molecule has 0 aliphatic rings. The number of carboxylic acids is 1. The van der Waals surface area contributed by atoms with E-state index < -0.39 is 5.97 Å². The molecule has 0 fully saturated rings. The number of aromatic carboxylic acids is 1. The van der Waals surface area contributed by atoms with Crippen LogP contribution < -0.4 is 0 Å². The van der Waals surface area contributed by atoms with Gasteiger partial charge in [0, 0.05) is 16.7 Å². The molecule has 0 saturated carbocycles. The number of rotatable bonds is 5. The quantitative estimate of drug-likeness (QED) is 0.706. The van der Waals surface area contributed by atoms with Crippen LogP contribution in [-0.4, -0.2) is 23.6 Å². The predicted molar refractivity (Wildman–Crippen MR) is 95.0 cm³/mol. The summed E-state index contributed by atoms with van der Waals surface area (Å²) in [6.07, 6.45) is 0.972. The van der Waals surface area contributed by atoms with Crippen molar-refractivity contribution in [1.29, 1.82) is 0 Å². The molecule has 0 aromatic heterocycles. The minimum Gasteiger partial charge on any atom is -0.478 e. The fourth-order valence-corrected chi connectivity index (χ4v) is 2.91. The molecule has 0 aliphatic carbocycles. The molecule has 4 nitrogen and oxygen atoms in total. The van der Waals surface area contributed by atoms with Crippen LogP contribution in [0, 0.1) is 0 Å². The predicted octanol–water partition coefficient (Wildman–Crippen LogP) is 4.34. The van der Waals surface area contributed by atoms with Crippen molar-refractivity contribution in [1.82, 2.24) is 0 Å². The van der Waals surface area contributed by atoms with Gasteiger partial charge in [-0.25, -0.2) is 4.79 Å². The zero-order valence-corrected chi connectivity index (χ0v) is 13.2. The van der Waals surface area contributed by atoms with E-state index in [4.69, 9.17) is 0 Å². The second-order valence-corrected chi connectivity index (χ2v) is 5.45. The Morgan fingerprint density at radius 3 is 1.76 bits per heavy atom. The van der Waals surface area contributed by atoms with Gasteiger partial charge in [-0.1, -0.05) is 60.7 Å². The van der Waals surface area contributed by atoms with Gasteiger partial charge in [0.05, 0.1) is 5.56 Å². The van der Waals surface area contributed by atoms with Crippen LogP contribution in [0.3, 0.4) is 0 Å². The molecule has 4 heteroatoms. The third kappa shape index (κ3) is 2.97. The summed E-state index contributed by atoms with van der Waals surface area (Å²) >= 11 is 0. The number of carbonyl (C=O) groups is 3. The Hall–Kier alpha value is -3.53. The maximum atomic E-state index is 11.8. The molecule has 0 bridgehead atoms. The molecule has 0 unspecified atom stereocenters. The number of carbonyl (C=O) groups excluding carboxylic acids is 2. The average molecular weight is 330 g/mol. The zero-order chi connectivity index (χ0) is 17.8. The van der Waals surface area contributed by atoms with Crippen molar-refractivity contribution in [2.45, 2.75) is 0 Å². The SMILES string of the molecule is O=Cc1c(C(=O)O)cc(-c2ccccc2)c(-c2ccccc2)c1C=O. The van der Waals surface area contributed by atoms with Crippen molar-refractivity contribution in [2.75, 3.05) is 0 Å². The van der Waals surface area contributed by atoms with Crippen LogP contribution in [0.15, 0.2) is 66.7 Å². The van der Waals surface area contributed by atoms with Crippen LogP contribution in [0.4, 0.5) is 0 Å². The van der Waals surface area contributed by atoms with E-state index in [1.165, 1.54) is 6.07 Å². The maximum Gasteiger partial charge on any atom is 0.336 e. The van der Waals surface area contributed by atoms with Gasteiger partial charge in [0.2, 0.25) is 0 Å². The van der Waals surface area contributed by atoms with E-state index in [0.29, 0.717) is 23.7 Å². The summed E-state index contributed by atoms with van der Waals surface area (Å²) in [7, 11) is 0. The first kappa shape index (κ1) is 16.3. The van der Waals surface area contributed by atoms with E-state index in [1.54, 1.807) is 0 Å². The second-order valence-electron chi connectivity index (χ2n) is 5.45. The molecule has 3 rings (SSSR count). The normalized spacial score (nSPS) is 10.2. The highest BCUT2D eigenvalue weighted by Crippen LogP contribution is 2.37. The average Bonchev–Trinajstić information content (AvgIpc) is 2.67. The van der Waals surface area contributed by atoms with Crippen molar-refractivity contribution in [3.63, 3.8) is 0 Å². The Labute approximate surface area is 144 Å². The van der Waals surface area contributed by atoms with E-state index in [-0.39, 0.29) is 16.7 Å². The van der Waals surface area contributed by atoms with Gasteiger partial charge in [0.15, 0.2) is 12.6 Å². The summed E-state index contributed by atoms with van der Waals surface area (Å²) in [5.74, 6) is -1.25. The fraction of sp³-hybridized carbons (Fsp3) is 0. The highest BCUT2D eigenvalue weighted by Gasteiger charge is 2.22. The monoisotopic (exact) mass is 330 g/mol. The molecule has 1 N–H and O–H groups in total. The minimum absolute atomic E-state index is 0.0833. The molecule has 122 valence electrons. The van der Waals surface area contributed by atoms with Gasteiger partial charge in [-0.05, 0) is 22.8 Å². The second kappa shape index (κ2) is 6.93. The van der Waals surface area contributed by atoms with Gasteiger partial charge in [0.25, 0.3) is 0 Å². The summed E-state index contributed by atoms with van der Waals surface area (Å²) in [6, 6.07) is 19.8. The lowest BCUT2D eigenvalue weighted by Crippen LogP contribution is -2.08. The van der Waals surface area contributed by atoms with E-state index in [0.717, 1.165) is 11.1 Å². The van der Waals surface area contributed by atoms with Crippen molar-refractivity contribution in [3.8, 4) is 22.3 Å². The fourth-order valence-electron chi connectivity index (χ4n) is 2.91. The molecule has 0 aliphatic heterocycles. The van der Waals surface area contributed by atoms with E-state index in [2.05, 4.69) is 0 Å². The largest absolute Gasteiger partial charge is 0.478 e. The third-order valence-electron chi connectivity index (χ3n) is 4.02. The molecule has 0 saturated heterocycles. The summed E-state index contributed by atoms with van der Waals surface area (Å²) in [5.41, 5.74) is 2.44. The molecule has 0 spiro atoms. The number of carboxylic acid groups (broad SMARTS) is 1. The van der Waals surface area contributed by atoms with Crippen LogP contribution in [0.2, 0.25) is 0 Å². The summed E-state index contributed by atoms with van der Waals surface area (Å²) in [6.45, 7) is 0. The first-order valence-corrected chi connectivity index (χ1v) is 7.63. The van der Waals surface area contributed by atoms with Crippen LogP contribution in [0.1, 0.15) is 31.1 Å². The Morgan fingerprint density at radius 1 is 0.760 bits per heavy atom. The van der Waals surface area contributed by atoms with Gasteiger partial charge >= 0.3 is 5.97 Å². The summed E-state index contributed by atoms with van der Waals surface area (Å²) in [4.78, 5) is 34.9. The van der Waals surface area contributed by atoms with Crippen LogP contribution in [-0.2, 0) is 0 Å². The van der Waals surface area contributed by atoms with E-state index in [9.17, 15) is 19.5 Å². The summed E-state index contributed by atoms with van der Waals surface area (Å²) in [5, 5.41) is 9.47. The Balaban J connectivity index is 2.47. The van der Waals surface area contributed by atoms with Gasteiger partial charge in [0.1, 0.15) is 0 Å². The number of aldehydes is 2. The molecule has 0 amide bonds. The molecular weight excluding hydrogens is 316 g/mol. The minimum atomic E-state index is -1.25. The third-order valence-corrected chi connectivity index (χ3v) is 4.02. The van der Waals surface area contributed by atoms with Crippen molar-refractivity contribution in [3.05, 3.63) is 83.4 Å². The molecule has 0 atom stereocenters. The first-order chi connectivity index (χ1) is 12.2. The molecule has 0 radical (unpaired) electrons. The Kier molecular flexibility index (Phi) is 4.53. The van der Waals surface area contributed by atoms with Crippen LogP contribution in [0.5, 0.6) is 0 Å². The highest BCUT2D eigenvalue weighted by atomic mass is 16.4. The van der Waals surface area contributed by atoms with Crippen molar-refractivity contribution >= 4 is 18.5 Å². The maximum absolute atomic E-state index is 11.8. The number of benzene rings is 3. The van der Waals surface area contributed by atoms with Gasteiger partial charge in [-0.3, -0.25) is 9.59 Å².